The van der Waals surface area contributed by atoms with Gasteiger partial charge < -0.3 is 14.9 Å². The van der Waals surface area contributed by atoms with Gasteiger partial charge in [-0.1, -0.05) is 0 Å². The fourth-order valence-corrected chi connectivity index (χ4v) is 2.93. The van der Waals surface area contributed by atoms with Gasteiger partial charge in [0, 0.05) is 38.5 Å². The van der Waals surface area contributed by atoms with Crippen molar-refractivity contribution in [2.75, 3.05) is 39.6 Å². The lowest BCUT2D eigenvalue weighted by Gasteiger charge is -2.33. The standard InChI is InChI=1S/C16H29N5O2/c1-19(2)10-11-21-9-8-15(18-21)17-16(23)20(3)14-6-4-13(12-22)5-7-14/h8-9,13-14,22H,4-7,10-12H2,1-3H3,(H,17,18,23). The number of carbonyl (C=O) groups excluding carboxylic acids is 1. The molecule has 1 fully saturated rings. The molecule has 0 bridgehead atoms. The second-order valence-corrected chi connectivity index (χ2v) is 6.67. The Bertz CT molecular complexity index is 494. The van der Waals surface area contributed by atoms with Crippen LogP contribution in [0.4, 0.5) is 10.6 Å². The van der Waals surface area contributed by atoms with E-state index in [1.165, 1.54) is 0 Å². The summed E-state index contributed by atoms with van der Waals surface area (Å²) in [6.45, 7) is 1.96. The highest BCUT2D eigenvalue weighted by Crippen LogP contribution is 2.26. The SMILES string of the molecule is CN(C)CCn1ccc(NC(=O)N(C)C2CCC(CO)CC2)n1. The minimum absolute atomic E-state index is 0.115. The van der Waals surface area contributed by atoms with Crippen molar-refractivity contribution < 1.29 is 9.90 Å². The summed E-state index contributed by atoms with van der Waals surface area (Å²) in [6, 6.07) is 1.95. The second kappa shape index (κ2) is 8.31. The molecule has 0 atom stereocenters. The van der Waals surface area contributed by atoms with Crippen LogP contribution in [-0.2, 0) is 6.54 Å². The molecular formula is C16H29N5O2. The van der Waals surface area contributed by atoms with Crippen LogP contribution in [0.1, 0.15) is 25.7 Å². The van der Waals surface area contributed by atoms with Gasteiger partial charge >= 0.3 is 6.03 Å². The van der Waals surface area contributed by atoms with Gasteiger partial charge in [0.1, 0.15) is 0 Å². The zero-order valence-electron chi connectivity index (χ0n) is 14.4. The number of aromatic nitrogens is 2. The van der Waals surface area contributed by atoms with E-state index in [-0.39, 0.29) is 18.7 Å². The summed E-state index contributed by atoms with van der Waals surface area (Å²) in [4.78, 5) is 16.2. The number of urea groups is 1. The predicted molar refractivity (Wildman–Crippen MR) is 90.4 cm³/mol. The molecule has 130 valence electrons. The number of carbonyl (C=O) groups is 1. The van der Waals surface area contributed by atoms with Crippen molar-refractivity contribution in [2.24, 2.45) is 5.92 Å². The minimum Gasteiger partial charge on any atom is -0.396 e. The van der Waals surface area contributed by atoms with Crippen LogP contribution >= 0.6 is 0 Å². The van der Waals surface area contributed by atoms with Crippen LogP contribution in [0.2, 0.25) is 0 Å². The lowest BCUT2D eigenvalue weighted by molar-refractivity contribution is 0.139. The molecule has 7 heteroatoms. The normalized spacial score (nSPS) is 21.4. The third kappa shape index (κ3) is 5.21. The van der Waals surface area contributed by atoms with Gasteiger partial charge in [-0.15, -0.1) is 0 Å². The highest BCUT2D eigenvalue weighted by atomic mass is 16.3. The summed E-state index contributed by atoms with van der Waals surface area (Å²) in [5.41, 5.74) is 0. The first-order valence-corrected chi connectivity index (χ1v) is 8.32. The van der Waals surface area contributed by atoms with Crippen LogP contribution in [0.3, 0.4) is 0 Å². The maximum absolute atomic E-state index is 12.3. The molecule has 1 aliphatic carbocycles. The third-order valence-electron chi connectivity index (χ3n) is 4.59. The van der Waals surface area contributed by atoms with Crippen molar-refractivity contribution >= 4 is 11.8 Å². The number of likely N-dealkylation sites (N-methyl/N-ethyl adjacent to an activating group) is 1. The minimum atomic E-state index is -0.115. The lowest BCUT2D eigenvalue weighted by atomic mass is 9.86. The van der Waals surface area contributed by atoms with Gasteiger partial charge in [0.25, 0.3) is 0 Å². The summed E-state index contributed by atoms with van der Waals surface area (Å²) >= 11 is 0. The van der Waals surface area contributed by atoms with Gasteiger partial charge in [-0.05, 0) is 45.7 Å². The third-order valence-corrected chi connectivity index (χ3v) is 4.59. The highest BCUT2D eigenvalue weighted by molar-refractivity contribution is 5.88. The molecule has 2 N–H and O–H groups in total. The average molecular weight is 323 g/mol. The fraction of sp³-hybridized carbons (Fsp3) is 0.750. The molecule has 0 aromatic carbocycles. The zero-order chi connectivity index (χ0) is 16.8. The van der Waals surface area contributed by atoms with Gasteiger partial charge in [0.2, 0.25) is 0 Å². The Labute approximate surface area is 138 Å². The maximum Gasteiger partial charge on any atom is 0.323 e. The molecule has 1 aromatic rings. The van der Waals surface area contributed by atoms with E-state index < -0.39 is 0 Å². The van der Waals surface area contributed by atoms with Crippen LogP contribution in [0.15, 0.2) is 12.3 Å². The largest absolute Gasteiger partial charge is 0.396 e. The second-order valence-electron chi connectivity index (χ2n) is 6.67. The molecule has 0 saturated heterocycles. The van der Waals surface area contributed by atoms with E-state index in [2.05, 4.69) is 15.3 Å². The Hall–Kier alpha value is -1.60. The van der Waals surface area contributed by atoms with Gasteiger partial charge in [-0.2, -0.15) is 5.10 Å². The molecule has 0 unspecified atom stereocenters. The van der Waals surface area contributed by atoms with E-state index in [1.54, 1.807) is 4.90 Å². The van der Waals surface area contributed by atoms with Gasteiger partial charge in [0.15, 0.2) is 5.82 Å². The van der Waals surface area contributed by atoms with Crippen LogP contribution in [-0.4, -0.2) is 71.1 Å². The van der Waals surface area contributed by atoms with E-state index >= 15 is 0 Å². The molecule has 0 spiro atoms. The van der Waals surface area contributed by atoms with E-state index in [0.717, 1.165) is 38.8 Å². The first kappa shape index (κ1) is 17.7. The Kier molecular flexibility index (Phi) is 6.41. The van der Waals surface area contributed by atoms with Crippen molar-refractivity contribution in [2.45, 2.75) is 38.3 Å². The summed E-state index contributed by atoms with van der Waals surface area (Å²) in [5, 5.41) is 16.4. The summed E-state index contributed by atoms with van der Waals surface area (Å²) in [5.74, 6) is 0.986. The monoisotopic (exact) mass is 323 g/mol. The van der Waals surface area contributed by atoms with Gasteiger partial charge in [-0.25, -0.2) is 4.79 Å². The maximum atomic E-state index is 12.3. The Morgan fingerprint density at radius 1 is 1.35 bits per heavy atom. The molecule has 1 saturated carbocycles. The molecule has 7 nitrogen and oxygen atoms in total. The van der Waals surface area contributed by atoms with Crippen LogP contribution in [0, 0.1) is 5.92 Å². The Morgan fingerprint density at radius 2 is 2.04 bits per heavy atom. The number of nitrogens with zero attached hydrogens (tertiary/aromatic N) is 4. The number of aliphatic hydroxyl groups excluding tert-OH is 1. The molecule has 1 aromatic heterocycles. The number of nitrogens with one attached hydrogen (secondary N) is 1. The Balaban J connectivity index is 1.81. The van der Waals surface area contributed by atoms with Crippen molar-refractivity contribution in [1.82, 2.24) is 19.6 Å². The molecule has 0 aliphatic heterocycles. The van der Waals surface area contributed by atoms with Crippen LogP contribution in [0.5, 0.6) is 0 Å². The van der Waals surface area contributed by atoms with Crippen molar-refractivity contribution in [3.8, 4) is 0 Å². The van der Waals surface area contributed by atoms with E-state index in [9.17, 15) is 9.90 Å². The summed E-state index contributed by atoms with van der Waals surface area (Å²) < 4.78 is 1.84. The molecule has 23 heavy (non-hydrogen) atoms. The predicted octanol–water partition coefficient (Wildman–Crippen LogP) is 1.46. The first-order chi connectivity index (χ1) is 11.0. The van der Waals surface area contributed by atoms with Gasteiger partial charge in [-0.3, -0.25) is 10.00 Å². The number of amides is 2. The fourth-order valence-electron chi connectivity index (χ4n) is 2.93. The molecule has 2 amide bonds. The molecule has 1 aliphatic rings. The topological polar surface area (TPSA) is 73.6 Å². The van der Waals surface area contributed by atoms with Crippen LogP contribution in [0.25, 0.3) is 0 Å². The first-order valence-electron chi connectivity index (χ1n) is 8.32. The van der Waals surface area contributed by atoms with E-state index in [4.69, 9.17) is 0 Å². The molecule has 0 radical (unpaired) electrons. The lowest BCUT2D eigenvalue weighted by Crippen LogP contribution is -2.42. The number of hydrogen-bond donors (Lipinski definition) is 2. The Morgan fingerprint density at radius 3 is 2.65 bits per heavy atom. The number of rotatable bonds is 6. The van der Waals surface area contributed by atoms with Crippen molar-refractivity contribution in [1.29, 1.82) is 0 Å². The highest BCUT2D eigenvalue weighted by Gasteiger charge is 2.26. The average Bonchev–Trinajstić information content (AvgIpc) is 2.99. The molecular weight excluding hydrogens is 294 g/mol. The number of aliphatic hydroxyl groups is 1. The van der Waals surface area contributed by atoms with Crippen LogP contribution < -0.4 is 5.32 Å². The number of hydrogen-bond acceptors (Lipinski definition) is 4. The van der Waals surface area contributed by atoms with Crippen molar-refractivity contribution in [3.05, 3.63) is 12.3 Å². The molecule has 2 rings (SSSR count). The zero-order valence-corrected chi connectivity index (χ0v) is 14.4. The van der Waals surface area contributed by atoms with E-state index in [0.29, 0.717) is 11.7 Å². The van der Waals surface area contributed by atoms with E-state index in [1.807, 2.05) is 38.1 Å². The smallest absolute Gasteiger partial charge is 0.323 e. The van der Waals surface area contributed by atoms with Gasteiger partial charge in [0.05, 0.1) is 6.54 Å². The summed E-state index contributed by atoms with van der Waals surface area (Å²) in [6.07, 6.45) is 5.75. The number of anilines is 1. The summed E-state index contributed by atoms with van der Waals surface area (Å²) in [7, 11) is 5.88. The molecule has 1 heterocycles. The quantitative estimate of drug-likeness (QED) is 0.831. The van der Waals surface area contributed by atoms with Crippen molar-refractivity contribution in [3.63, 3.8) is 0 Å².